The molecule has 0 saturated carbocycles. The molecule has 1 aromatic carbocycles. The standard InChI is InChI=1S/C11H12BrN3O2S/c1-18(16,17)10-6-14-15(11(10)13)7-8-2-4-9(12)5-3-8/h2-6H,7,13H2,1H3. The molecule has 0 saturated heterocycles. The average Bonchev–Trinajstić information content (AvgIpc) is 2.63. The van der Waals surface area contributed by atoms with Crippen LogP contribution in [0.2, 0.25) is 0 Å². The summed E-state index contributed by atoms with van der Waals surface area (Å²) in [5, 5.41) is 4.00. The van der Waals surface area contributed by atoms with Crippen molar-refractivity contribution >= 4 is 31.6 Å². The third kappa shape index (κ3) is 2.73. The van der Waals surface area contributed by atoms with Crippen LogP contribution >= 0.6 is 15.9 Å². The molecule has 96 valence electrons. The second-order valence-corrected chi connectivity index (χ2v) is 6.85. The molecule has 2 N–H and O–H groups in total. The molecule has 18 heavy (non-hydrogen) atoms. The van der Waals surface area contributed by atoms with Gasteiger partial charge in [-0.15, -0.1) is 0 Å². The number of benzene rings is 1. The van der Waals surface area contributed by atoms with Crippen molar-refractivity contribution in [3.63, 3.8) is 0 Å². The molecule has 1 heterocycles. The quantitative estimate of drug-likeness (QED) is 0.929. The van der Waals surface area contributed by atoms with Crippen molar-refractivity contribution in [3.05, 3.63) is 40.5 Å². The first kappa shape index (κ1) is 13.1. The lowest BCUT2D eigenvalue weighted by Crippen LogP contribution is -2.08. The highest BCUT2D eigenvalue weighted by molar-refractivity contribution is 9.10. The summed E-state index contributed by atoms with van der Waals surface area (Å²) in [6, 6.07) is 7.66. The monoisotopic (exact) mass is 329 g/mol. The van der Waals surface area contributed by atoms with E-state index in [1.807, 2.05) is 24.3 Å². The van der Waals surface area contributed by atoms with Gasteiger partial charge in [0.25, 0.3) is 0 Å². The SMILES string of the molecule is CS(=O)(=O)c1cnn(Cc2ccc(Br)cc2)c1N. The minimum absolute atomic E-state index is 0.0691. The zero-order chi connectivity index (χ0) is 13.3. The van der Waals surface area contributed by atoms with Gasteiger partial charge in [0, 0.05) is 10.7 Å². The lowest BCUT2D eigenvalue weighted by atomic mass is 10.2. The lowest BCUT2D eigenvalue weighted by molar-refractivity contribution is 0.602. The highest BCUT2D eigenvalue weighted by Gasteiger charge is 2.16. The molecule has 0 amide bonds. The minimum atomic E-state index is -3.33. The van der Waals surface area contributed by atoms with Crippen molar-refractivity contribution in [2.24, 2.45) is 0 Å². The summed E-state index contributed by atoms with van der Waals surface area (Å²) in [5.74, 6) is 0.167. The van der Waals surface area contributed by atoms with Crippen LogP contribution in [0.15, 0.2) is 39.8 Å². The van der Waals surface area contributed by atoms with Gasteiger partial charge in [-0.3, -0.25) is 0 Å². The maximum atomic E-state index is 11.4. The molecule has 0 unspecified atom stereocenters. The van der Waals surface area contributed by atoms with E-state index in [0.717, 1.165) is 16.3 Å². The van der Waals surface area contributed by atoms with Gasteiger partial charge in [0.05, 0.1) is 12.7 Å². The van der Waals surface area contributed by atoms with Crippen molar-refractivity contribution in [2.45, 2.75) is 11.4 Å². The van der Waals surface area contributed by atoms with Crippen LogP contribution in [0.3, 0.4) is 0 Å². The average molecular weight is 330 g/mol. The minimum Gasteiger partial charge on any atom is -0.383 e. The Labute approximate surface area is 114 Å². The van der Waals surface area contributed by atoms with Crippen molar-refractivity contribution in [1.82, 2.24) is 9.78 Å². The van der Waals surface area contributed by atoms with Crippen molar-refractivity contribution in [1.29, 1.82) is 0 Å². The molecule has 0 aliphatic rings. The highest BCUT2D eigenvalue weighted by Crippen LogP contribution is 2.19. The van der Waals surface area contributed by atoms with Crippen LogP contribution < -0.4 is 5.73 Å². The van der Waals surface area contributed by atoms with Crippen LogP contribution in [0, 0.1) is 0 Å². The molecular formula is C11H12BrN3O2S. The van der Waals surface area contributed by atoms with Crippen LogP contribution in [-0.4, -0.2) is 24.5 Å². The molecule has 0 aliphatic carbocycles. The summed E-state index contributed by atoms with van der Waals surface area (Å²) in [5.41, 5.74) is 6.77. The Hall–Kier alpha value is -1.34. The van der Waals surface area contributed by atoms with E-state index in [9.17, 15) is 8.42 Å². The molecule has 7 heteroatoms. The first-order valence-electron chi connectivity index (χ1n) is 5.13. The number of nitrogen functional groups attached to an aromatic ring is 1. The number of hydrogen-bond donors (Lipinski definition) is 1. The number of nitrogens with zero attached hydrogens (tertiary/aromatic N) is 2. The topological polar surface area (TPSA) is 78.0 Å². The number of hydrogen-bond acceptors (Lipinski definition) is 4. The van der Waals surface area contributed by atoms with Gasteiger partial charge in [-0.1, -0.05) is 28.1 Å². The number of nitrogens with two attached hydrogens (primary N) is 1. The summed E-state index contributed by atoms with van der Waals surface area (Å²) >= 11 is 3.35. The zero-order valence-electron chi connectivity index (χ0n) is 9.67. The molecule has 0 radical (unpaired) electrons. The van der Waals surface area contributed by atoms with Crippen molar-refractivity contribution in [2.75, 3.05) is 12.0 Å². The van der Waals surface area contributed by atoms with Crippen molar-refractivity contribution in [3.8, 4) is 0 Å². The Balaban J connectivity index is 2.31. The second kappa shape index (κ2) is 4.74. The number of aromatic nitrogens is 2. The summed E-state index contributed by atoms with van der Waals surface area (Å²) in [6.07, 6.45) is 2.40. The number of anilines is 1. The van der Waals surface area contributed by atoms with E-state index in [1.165, 1.54) is 10.9 Å². The van der Waals surface area contributed by atoms with Gasteiger partial charge in [0.2, 0.25) is 0 Å². The number of halogens is 1. The lowest BCUT2D eigenvalue weighted by Gasteiger charge is -2.05. The fourth-order valence-corrected chi connectivity index (χ4v) is 2.54. The first-order chi connectivity index (χ1) is 8.38. The van der Waals surface area contributed by atoms with Crippen molar-refractivity contribution < 1.29 is 8.42 Å². The molecule has 0 aliphatic heterocycles. The highest BCUT2D eigenvalue weighted by atomic mass is 79.9. The van der Waals surface area contributed by atoms with Gasteiger partial charge < -0.3 is 5.73 Å². The molecule has 0 bridgehead atoms. The molecule has 0 atom stereocenters. The van der Waals surface area contributed by atoms with Gasteiger partial charge in [0.15, 0.2) is 9.84 Å². The van der Waals surface area contributed by atoms with E-state index in [-0.39, 0.29) is 10.7 Å². The second-order valence-electron chi connectivity index (χ2n) is 3.95. The Kier molecular flexibility index (Phi) is 3.45. The Morgan fingerprint density at radius 1 is 1.33 bits per heavy atom. The molecular weight excluding hydrogens is 318 g/mol. The largest absolute Gasteiger partial charge is 0.383 e. The van der Waals surface area contributed by atoms with Crippen LogP contribution in [0.1, 0.15) is 5.56 Å². The molecule has 0 spiro atoms. The van der Waals surface area contributed by atoms with Gasteiger partial charge in [-0.05, 0) is 17.7 Å². The van der Waals surface area contributed by atoms with Crippen LogP contribution in [0.25, 0.3) is 0 Å². The number of sulfone groups is 1. The summed E-state index contributed by atoms with van der Waals surface area (Å²) in [6.45, 7) is 0.439. The van der Waals surface area contributed by atoms with Gasteiger partial charge in [0.1, 0.15) is 10.7 Å². The smallest absolute Gasteiger partial charge is 0.180 e. The zero-order valence-corrected chi connectivity index (χ0v) is 12.1. The van der Waals surface area contributed by atoms with E-state index in [0.29, 0.717) is 6.54 Å². The van der Waals surface area contributed by atoms with Gasteiger partial charge >= 0.3 is 0 Å². The van der Waals surface area contributed by atoms with E-state index in [1.54, 1.807) is 0 Å². The Morgan fingerprint density at radius 3 is 2.44 bits per heavy atom. The predicted molar refractivity (Wildman–Crippen MR) is 73.0 cm³/mol. The Bertz CT molecular complexity index is 662. The number of rotatable bonds is 3. The fraction of sp³-hybridized carbons (Fsp3) is 0.182. The van der Waals surface area contributed by atoms with Crippen LogP contribution in [-0.2, 0) is 16.4 Å². The van der Waals surface area contributed by atoms with Crippen LogP contribution in [0.4, 0.5) is 5.82 Å². The maximum absolute atomic E-state index is 11.4. The maximum Gasteiger partial charge on any atom is 0.180 e. The Morgan fingerprint density at radius 2 is 1.94 bits per heavy atom. The molecule has 2 aromatic rings. The fourth-order valence-electron chi connectivity index (χ4n) is 1.55. The summed E-state index contributed by atoms with van der Waals surface area (Å²) < 4.78 is 25.3. The van der Waals surface area contributed by atoms with E-state index < -0.39 is 9.84 Å². The third-order valence-corrected chi connectivity index (χ3v) is 4.13. The third-order valence-electron chi connectivity index (χ3n) is 2.49. The predicted octanol–water partition coefficient (Wildman–Crippen LogP) is 1.68. The van der Waals surface area contributed by atoms with E-state index in [2.05, 4.69) is 21.0 Å². The van der Waals surface area contributed by atoms with E-state index >= 15 is 0 Å². The molecule has 5 nitrogen and oxygen atoms in total. The molecule has 0 fully saturated rings. The van der Waals surface area contributed by atoms with Crippen LogP contribution in [0.5, 0.6) is 0 Å². The summed E-state index contributed by atoms with van der Waals surface area (Å²) in [7, 11) is -3.33. The molecule has 1 aromatic heterocycles. The summed E-state index contributed by atoms with van der Waals surface area (Å²) in [4.78, 5) is 0.0691. The van der Waals surface area contributed by atoms with Gasteiger partial charge in [-0.25, -0.2) is 13.1 Å². The normalized spacial score (nSPS) is 11.7. The first-order valence-corrected chi connectivity index (χ1v) is 7.82. The van der Waals surface area contributed by atoms with Gasteiger partial charge in [-0.2, -0.15) is 5.10 Å². The molecule has 2 rings (SSSR count). The van der Waals surface area contributed by atoms with E-state index in [4.69, 9.17) is 5.73 Å².